The molecule has 0 unspecified atom stereocenters. The number of rotatable bonds is 6. The molecule has 2 aromatic rings. The van der Waals surface area contributed by atoms with Crippen LogP contribution in [-0.2, 0) is 6.54 Å². The summed E-state index contributed by atoms with van der Waals surface area (Å²) in [5, 5.41) is 3.10. The van der Waals surface area contributed by atoms with Crippen molar-refractivity contribution < 1.29 is 9.18 Å². The molecule has 1 aromatic carbocycles. The number of aryl methyl sites for hydroxylation is 1. The zero-order valence-corrected chi connectivity index (χ0v) is 14.1. The molecule has 5 nitrogen and oxygen atoms in total. The molecular formula is C16H19FN4OS. The van der Waals surface area contributed by atoms with E-state index in [0.717, 1.165) is 11.4 Å². The van der Waals surface area contributed by atoms with Crippen LogP contribution >= 0.6 is 11.9 Å². The minimum absolute atomic E-state index is 0.233. The molecule has 0 spiro atoms. The van der Waals surface area contributed by atoms with Crippen LogP contribution in [0.2, 0.25) is 0 Å². The van der Waals surface area contributed by atoms with Crippen LogP contribution in [0.15, 0.2) is 30.5 Å². The number of halogens is 1. The van der Waals surface area contributed by atoms with E-state index >= 15 is 0 Å². The molecule has 0 atom stereocenters. The average molecular weight is 334 g/mol. The number of amides is 1. The monoisotopic (exact) mass is 334 g/mol. The summed E-state index contributed by atoms with van der Waals surface area (Å²) in [4.78, 5) is 15.6. The highest BCUT2D eigenvalue weighted by Crippen LogP contribution is 2.27. The maximum atomic E-state index is 14.2. The zero-order chi connectivity index (χ0) is 17.0. The quantitative estimate of drug-likeness (QED) is 0.795. The summed E-state index contributed by atoms with van der Waals surface area (Å²) >= 11 is 1.49. The zero-order valence-electron chi connectivity index (χ0n) is 13.3. The van der Waals surface area contributed by atoms with Gasteiger partial charge in [0.15, 0.2) is 0 Å². The number of aromatic nitrogens is 1. The molecule has 0 aliphatic rings. The first kappa shape index (κ1) is 17.1. The van der Waals surface area contributed by atoms with Crippen LogP contribution < -0.4 is 15.4 Å². The summed E-state index contributed by atoms with van der Waals surface area (Å²) in [5.41, 5.74) is 8.23. The van der Waals surface area contributed by atoms with Crippen molar-refractivity contribution in [2.45, 2.75) is 13.5 Å². The third kappa shape index (κ3) is 3.92. The van der Waals surface area contributed by atoms with Gasteiger partial charge >= 0.3 is 0 Å². The Morgan fingerprint density at radius 2 is 2.22 bits per heavy atom. The second-order valence-electron chi connectivity index (χ2n) is 5.01. The first-order valence-electron chi connectivity index (χ1n) is 6.99. The molecule has 1 heterocycles. The van der Waals surface area contributed by atoms with Crippen LogP contribution in [-0.4, -0.2) is 24.2 Å². The Bertz CT molecular complexity index is 723. The summed E-state index contributed by atoms with van der Waals surface area (Å²) < 4.78 is 16.1. The number of carbonyl (C=O) groups excluding carboxylic acids is 1. The number of hydrogen-bond donors (Lipinski definition) is 2. The fraction of sp³-hybridized carbons (Fsp3) is 0.250. The van der Waals surface area contributed by atoms with Crippen LogP contribution in [0.4, 0.5) is 15.8 Å². The van der Waals surface area contributed by atoms with Gasteiger partial charge in [0.2, 0.25) is 0 Å². The van der Waals surface area contributed by atoms with Crippen molar-refractivity contribution in [3.8, 4) is 0 Å². The second-order valence-corrected chi connectivity index (χ2v) is 5.92. The number of anilines is 2. The summed E-state index contributed by atoms with van der Waals surface area (Å²) in [5.74, 6) is -0.878. The standard InChI is InChI=1S/C16H19FN4OS/c1-10-7-14(12(9-19-10)16(18)22)20-8-11-13(17)5-4-6-15(11)21(2)23-3/h4-7,9H,8H2,1-3H3,(H2,18,22)(H,19,20). The highest BCUT2D eigenvalue weighted by molar-refractivity contribution is 7.99. The molecular weight excluding hydrogens is 315 g/mol. The van der Waals surface area contributed by atoms with E-state index in [1.165, 1.54) is 24.2 Å². The van der Waals surface area contributed by atoms with Gasteiger partial charge in [0.25, 0.3) is 5.91 Å². The number of benzene rings is 1. The van der Waals surface area contributed by atoms with Gasteiger partial charge in [-0.05, 0) is 25.1 Å². The van der Waals surface area contributed by atoms with Crippen molar-refractivity contribution in [1.82, 2.24) is 4.98 Å². The third-order valence-electron chi connectivity index (χ3n) is 3.47. The lowest BCUT2D eigenvalue weighted by Gasteiger charge is -2.20. The Morgan fingerprint density at radius 3 is 2.87 bits per heavy atom. The molecule has 0 saturated heterocycles. The molecule has 7 heteroatoms. The van der Waals surface area contributed by atoms with E-state index in [9.17, 15) is 9.18 Å². The SMILES string of the molecule is CSN(C)c1cccc(F)c1CNc1cc(C)ncc1C(N)=O. The van der Waals surface area contributed by atoms with Gasteiger partial charge in [-0.2, -0.15) is 0 Å². The van der Waals surface area contributed by atoms with E-state index in [1.807, 2.05) is 30.6 Å². The molecule has 0 aliphatic carbocycles. The molecule has 0 bridgehead atoms. The van der Waals surface area contributed by atoms with Crippen LogP contribution in [0.3, 0.4) is 0 Å². The summed E-state index contributed by atoms with van der Waals surface area (Å²) in [7, 11) is 1.87. The Labute approximate surface area is 139 Å². The molecule has 0 radical (unpaired) electrons. The predicted octanol–water partition coefficient (Wildman–Crippen LogP) is 2.95. The van der Waals surface area contributed by atoms with Crippen LogP contribution in [0.1, 0.15) is 21.6 Å². The lowest BCUT2D eigenvalue weighted by molar-refractivity contribution is 0.100. The summed E-state index contributed by atoms with van der Waals surface area (Å²) in [6.07, 6.45) is 3.34. The number of hydrogen-bond acceptors (Lipinski definition) is 5. The number of pyridine rings is 1. The fourth-order valence-corrected chi connectivity index (χ4v) is 2.57. The first-order chi connectivity index (χ1) is 10.9. The number of nitrogens with one attached hydrogen (secondary N) is 1. The molecule has 0 aliphatic heterocycles. The molecule has 23 heavy (non-hydrogen) atoms. The number of primary amides is 1. The number of nitrogens with two attached hydrogens (primary N) is 1. The summed E-state index contributed by atoms with van der Waals surface area (Å²) in [6.45, 7) is 2.04. The topological polar surface area (TPSA) is 71.2 Å². The Morgan fingerprint density at radius 1 is 1.48 bits per heavy atom. The number of nitrogens with zero attached hydrogens (tertiary/aromatic N) is 2. The lowest BCUT2D eigenvalue weighted by atomic mass is 10.1. The fourth-order valence-electron chi connectivity index (χ4n) is 2.20. The minimum Gasteiger partial charge on any atom is -0.380 e. The predicted molar refractivity (Wildman–Crippen MR) is 93.1 cm³/mol. The van der Waals surface area contributed by atoms with Crippen LogP contribution in [0.25, 0.3) is 0 Å². The van der Waals surface area contributed by atoms with E-state index in [-0.39, 0.29) is 17.9 Å². The summed E-state index contributed by atoms with van der Waals surface area (Å²) in [6, 6.07) is 6.66. The van der Waals surface area contributed by atoms with E-state index in [2.05, 4.69) is 10.3 Å². The van der Waals surface area contributed by atoms with Crippen molar-refractivity contribution in [3.05, 3.63) is 53.1 Å². The Hall–Kier alpha value is -2.28. The molecule has 0 fully saturated rings. The minimum atomic E-state index is -0.574. The molecule has 122 valence electrons. The smallest absolute Gasteiger partial charge is 0.252 e. The van der Waals surface area contributed by atoms with Gasteiger partial charge in [-0.1, -0.05) is 18.0 Å². The van der Waals surface area contributed by atoms with E-state index in [1.54, 1.807) is 12.1 Å². The van der Waals surface area contributed by atoms with Crippen LogP contribution in [0.5, 0.6) is 0 Å². The largest absolute Gasteiger partial charge is 0.380 e. The maximum absolute atomic E-state index is 14.2. The van der Waals surface area contributed by atoms with Crippen molar-refractivity contribution in [2.75, 3.05) is 22.9 Å². The molecule has 1 aromatic heterocycles. The van der Waals surface area contributed by atoms with Gasteiger partial charge < -0.3 is 15.4 Å². The molecule has 3 N–H and O–H groups in total. The third-order valence-corrected chi connectivity index (χ3v) is 4.21. The van der Waals surface area contributed by atoms with Crippen molar-refractivity contribution in [1.29, 1.82) is 0 Å². The van der Waals surface area contributed by atoms with E-state index in [0.29, 0.717) is 11.3 Å². The Balaban J connectivity index is 2.32. The van der Waals surface area contributed by atoms with Gasteiger partial charge in [0, 0.05) is 37.3 Å². The second kappa shape index (κ2) is 7.32. The molecule has 0 saturated carbocycles. The maximum Gasteiger partial charge on any atom is 0.252 e. The average Bonchev–Trinajstić information content (AvgIpc) is 2.52. The van der Waals surface area contributed by atoms with Crippen LogP contribution in [0, 0.1) is 12.7 Å². The lowest BCUT2D eigenvalue weighted by Crippen LogP contribution is -2.16. The van der Waals surface area contributed by atoms with Gasteiger partial charge in [-0.25, -0.2) is 4.39 Å². The Kier molecular flexibility index (Phi) is 5.44. The van der Waals surface area contributed by atoms with Gasteiger partial charge in [0.05, 0.1) is 16.9 Å². The van der Waals surface area contributed by atoms with E-state index in [4.69, 9.17) is 5.73 Å². The van der Waals surface area contributed by atoms with Gasteiger partial charge in [-0.15, -0.1) is 0 Å². The highest BCUT2D eigenvalue weighted by Gasteiger charge is 2.14. The van der Waals surface area contributed by atoms with E-state index < -0.39 is 5.91 Å². The molecule has 2 rings (SSSR count). The first-order valence-corrected chi connectivity index (χ1v) is 8.17. The van der Waals surface area contributed by atoms with Gasteiger partial charge in [0.1, 0.15) is 5.82 Å². The number of carbonyl (C=O) groups is 1. The van der Waals surface area contributed by atoms with Crippen molar-refractivity contribution in [3.63, 3.8) is 0 Å². The highest BCUT2D eigenvalue weighted by atomic mass is 32.2. The molecule has 1 amide bonds. The van der Waals surface area contributed by atoms with Gasteiger partial charge in [-0.3, -0.25) is 9.78 Å². The normalized spacial score (nSPS) is 10.4. The van der Waals surface area contributed by atoms with Crippen molar-refractivity contribution >= 4 is 29.2 Å². The van der Waals surface area contributed by atoms with Crippen molar-refractivity contribution in [2.24, 2.45) is 5.73 Å².